The lowest BCUT2D eigenvalue weighted by Gasteiger charge is -2.18. The highest BCUT2D eigenvalue weighted by Gasteiger charge is 2.23. The van der Waals surface area contributed by atoms with Gasteiger partial charge < -0.3 is 29.5 Å². The number of allylic oxidation sites excluding steroid dienone is 7. The van der Waals surface area contributed by atoms with Crippen molar-refractivity contribution >= 4 is 19.8 Å². The number of unbranched alkanes of at least 4 members (excludes halogenated alkanes) is 14. The van der Waals surface area contributed by atoms with E-state index in [9.17, 15) is 24.4 Å². The van der Waals surface area contributed by atoms with E-state index in [-0.39, 0.29) is 12.8 Å². The number of carbonyl (C=O) groups is 2. The van der Waals surface area contributed by atoms with Gasteiger partial charge in [0, 0.05) is 12.8 Å². The van der Waals surface area contributed by atoms with Crippen molar-refractivity contribution in [3.05, 3.63) is 60.8 Å². The van der Waals surface area contributed by atoms with Crippen molar-refractivity contribution in [2.45, 2.75) is 173 Å². The Morgan fingerprint density at radius 2 is 1.10 bits per heavy atom. The van der Waals surface area contributed by atoms with Crippen molar-refractivity contribution in [1.82, 2.24) is 0 Å². The largest absolute Gasteiger partial charge is 0.469 e. The van der Waals surface area contributed by atoms with Crippen molar-refractivity contribution in [2.24, 2.45) is 0 Å². The number of hydrogen-bond donors (Lipinski definition) is 4. The first kappa shape index (κ1) is 49.7. The molecule has 0 fully saturated rings. The summed E-state index contributed by atoms with van der Waals surface area (Å²) in [5.41, 5.74) is 0. The molecular formula is C41H71O10P. The Morgan fingerprint density at radius 3 is 1.71 bits per heavy atom. The summed E-state index contributed by atoms with van der Waals surface area (Å²) in [6.45, 7) is 3.38. The van der Waals surface area contributed by atoms with Crippen LogP contribution in [0.5, 0.6) is 0 Å². The molecule has 0 aromatic rings. The topological polar surface area (TPSA) is 160 Å². The van der Waals surface area contributed by atoms with Crippen molar-refractivity contribution in [3.8, 4) is 0 Å². The van der Waals surface area contributed by atoms with Crippen LogP contribution in [0, 0.1) is 0 Å². The number of carbonyl (C=O) groups excluding carboxylic acids is 2. The molecule has 0 unspecified atom stereocenters. The summed E-state index contributed by atoms with van der Waals surface area (Å²) >= 11 is 0. The second-order valence-electron chi connectivity index (χ2n) is 13.3. The van der Waals surface area contributed by atoms with Crippen molar-refractivity contribution < 1.29 is 48.2 Å². The molecule has 0 aliphatic rings. The van der Waals surface area contributed by atoms with Gasteiger partial charge in [-0.3, -0.25) is 14.1 Å². The van der Waals surface area contributed by atoms with Gasteiger partial charge in [0.05, 0.1) is 18.8 Å². The van der Waals surface area contributed by atoms with Gasteiger partial charge >= 0.3 is 19.8 Å². The number of rotatable bonds is 35. The molecule has 52 heavy (non-hydrogen) atoms. The molecule has 0 heterocycles. The maximum Gasteiger partial charge on any atom is 0.469 e. The van der Waals surface area contributed by atoms with Gasteiger partial charge in [0.25, 0.3) is 0 Å². The van der Waals surface area contributed by atoms with Crippen LogP contribution in [0.4, 0.5) is 0 Å². The van der Waals surface area contributed by atoms with Crippen LogP contribution >= 0.6 is 7.82 Å². The average Bonchev–Trinajstić information content (AvgIpc) is 3.10. The molecule has 0 spiro atoms. The predicted molar refractivity (Wildman–Crippen MR) is 209 cm³/mol. The quantitative estimate of drug-likeness (QED) is 0.0161. The first-order chi connectivity index (χ1) is 25.1. The van der Waals surface area contributed by atoms with Gasteiger partial charge in [-0.2, -0.15) is 0 Å². The van der Waals surface area contributed by atoms with E-state index in [1.54, 1.807) is 36.5 Å². The molecule has 0 rings (SSSR count). The van der Waals surface area contributed by atoms with Crippen molar-refractivity contribution in [1.29, 1.82) is 0 Å². The van der Waals surface area contributed by atoms with Gasteiger partial charge in [-0.1, -0.05) is 139 Å². The fraction of sp³-hybridized carbons (Fsp3) is 0.707. The fourth-order valence-electron chi connectivity index (χ4n) is 5.15. The maximum atomic E-state index is 12.4. The highest BCUT2D eigenvalue weighted by atomic mass is 31.2. The molecule has 4 N–H and O–H groups in total. The monoisotopic (exact) mass is 754 g/mol. The molecule has 0 aliphatic carbocycles. The van der Waals surface area contributed by atoms with Crippen LogP contribution < -0.4 is 0 Å². The molecule has 0 saturated carbocycles. The van der Waals surface area contributed by atoms with Crippen LogP contribution in [0.3, 0.4) is 0 Å². The van der Waals surface area contributed by atoms with Gasteiger partial charge in [0.1, 0.15) is 6.61 Å². The smallest absolute Gasteiger partial charge is 0.462 e. The molecule has 0 aromatic heterocycles. The highest BCUT2D eigenvalue weighted by molar-refractivity contribution is 7.46. The van der Waals surface area contributed by atoms with Crippen molar-refractivity contribution in [3.63, 3.8) is 0 Å². The summed E-state index contributed by atoms with van der Waals surface area (Å²) in [7, 11) is -4.81. The Kier molecular flexibility index (Phi) is 34.1. The van der Waals surface area contributed by atoms with Crippen LogP contribution in [0.25, 0.3) is 0 Å². The molecule has 0 saturated heterocycles. The normalized spacial score (nSPS) is 14.3. The third kappa shape index (κ3) is 37.4. The minimum absolute atomic E-state index is 0.00422. The highest BCUT2D eigenvalue weighted by Crippen LogP contribution is 2.36. The van der Waals surface area contributed by atoms with Gasteiger partial charge in [-0.15, -0.1) is 0 Å². The van der Waals surface area contributed by atoms with E-state index in [1.807, 2.05) is 6.08 Å². The first-order valence-corrected chi connectivity index (χ1v) is 21.3. The Morgan fingerprint density at radius 1 is 0.596 bits per heavy atom. The molecule has 300 valence electrons. The zero-order valence-corrected chi connectivity index (χ0v) is 33.1. The molecular weight excluding hydrogens is 683 g/mol. The van der Waals surface area contributed by atoms with Crippen LogP contribution in [0.2, 0.25) is 0 Å². The van der Waals surface area contributed by atoms with E-state index in [0.29, 0.717) is 25.7 Å². The van der Waals surface area contributed by atoms with E-state index < -0.39 is 51.3 Å². The number of ether oxygens (including phenoxy) is 2. The zero-order chi connectivity index (χ0) is 38.5. The van der Waals surface area contributed by atoms with Crippen LogP contribution in [0.15, 0.2) is 60.8 Å². The minimum Gasteiger partial charge on any atom is -0.462 e. The summed E-state index contributed by atoms with van der Waals surface area (Å²) in [6.07, 6.45) is 37.1. The molecule has 11 heteroatoms. The van der Waals surface area contributed by atoms with E-state index in [2.05, 4.69) is 36.6 Å². The lowest BCUT2D eigenvalue weighted by Crippen LogP contribution is -2.29. The number of hydrogen-bond acceptors (Lipinski definition) is 8. The standard InChI is InChI=1S/C41H71O10P/c1-3-5-7-9-11-12-13-14-15-16-17-18-19-21-27-33-41(45)51-39(36-50-52(46,47)48)35-49-40(44)34-28-32-38(43)31-26-23-22-25-30-37(42)29-24-20-10-8-6-4-2/h12-13,20,22-26,30-31,37-39,42-43H,3-11,14-19,21,27-29,32-36H2,1-2H3,(H2,46,47,48)/b13-12-,23-22+,24-20-,30-25+,31-26-/t37-,38-,39-/m1/s1. The molecule has 10 nitrogen and oxygen atoms in total. The molecule has 0 aromatic carbocycles. The SMILES string of the molecule is CCCCC/C=C\C[C@@H](O)/C=C/C=C/C=C\[C@@H](O)CCCC(=O)OC[C@H](COP(=O)(O)O)OC(=O)CCCCCCCCC/C=C\CCCCCC. The second-order valence-corrected chi connectivity index (χ2v) is 14.5. The van der Waals surface area contributed by atoms with Crippen molar-refractivity contribution in [2.75, 3.05) is 13.2 Å². The number of esters is 2. The van der Waals surface area contributed by atoms with E-state index in [0.717, 1.165) is 38.5 Å². The van der Waals surface area contributed by atoms with E-state index in [4.69, 9.17) is 19.3 Å². The first-order valence-electron chi connectivity index (χ1n) is 19.8. The zero-order valence-electron chi connectivity index (χ0n) is 32.2. The van der Waals surface area contributed by atoms with E-state index >= 15 is 0 Å². The number of aliphatic hydroxyl groups is 2. The van der Waals surface area contributed by atoms with Crippen LogP contribution in [-0.4, -0.2) is 63.5 Å². The summed E-state index contributed by atoms with van der Waals surface area (Å²) in [5.74, 6) is -1.14. The maximum absolute atomic E-state index is 12.4. The Hall–Kier alpha value is -2.33. The number of phosphoric ester groups is 1. The second kappa shape index (κ2) is 35.7. The van der Waals surface area contributed by atoms with Gasteiger partial charge in [-0.05, 0) is 64.2 Å². The summed E-state index contributed by atoms with van der Waals surface area (Å²) in [4.78, 5) is 42.8. The lowest BCUT2D eigenvalue weighted by molar-refractivity contribution is -0.161. The lowest BCUT2D eigenvalue weighted by atomic mass is 10.1. The van der Waals surface area contributed by atoms with Gasteiger partial charge in [0.2, 0.25) is 0 Å². The Bertz CT molecular complexity index is 1060. The third-order valence-corrected chi connectivity index (χ3v) is 8.68. The molecule has 3 atom stereocenters. The Balaban J connectivity index is 4.24. The van der Waals surface area contributed by atoms with Gasteiger partial charge in [0.15, 0.2) is 6.10 Å². The van der Waals surface area contributed by atoms with E-state index in [1.165, 1.54) is 64.2 Å². The molecule has 0 amide bonds. The summed E-state index contributed by atoms with van der Waals surface area (Å²) in [5, 5.41) is 20.1. The van der Waals surface area contributed by atoms with Crippen LogP contribution in [0.1, 0.15) is 155 Å². The fourth-order valence-corrected chi connectivity index (χ4v) is 5.51. The predicted octanol–water partition coefficient (Wildman–Crippen LogP) is 9.68. The average molecular weight is 755 g/mol. The number of phosphoric acid groups is 1. The minimum atomic E-state index is -4.81. The number of aliphatic hydroxyl groups excluding tert-OH is 2. The Labute approximate surface area is 314 Å². The molecule has 0 radical (unpaired) electrons. The summed E-state index contributed by atoms with van der Waals surface area (Å²) in [6, 6.07) is 0. The molecule has 0 aliphatic heterocycles. The molecule has 0 bridgehead atoms. The van der Waals surface area contributed by atoms with Crippen LogP contribution in [-0.2, 0) is 28.2 Å². The third-order valence-electron chi connectivity index (χ3n) is 8.20. The summed E-state index contributed by atoms with van der Waals surface area (Å²) < 4.78 is 26.2. The van der Waals surface area contributed by atoms with Gasteiger partial charge in [-0.25, -0.2) is 4.57 Å².